The zero-order valence-electron chi connectivity index (χ0n) is 7.91. The first kappa shape index (κ1) is 11.7. The highest BCUT2D eigenvalue weighted by molar-refractivity contribution is 6.60. The van der Waals surface area contributed by atoms with Gasteiger partial charge in [-0.1, -0.05) is 12.1 Å². The van der Waals surface area contributed by atoms with E-state index >= 15 is 0 Å². The molecule has 6 nitrogen and oxygen atoms in total. The van der Waals surface area contributed by atoms with Crippen LogP contribution in [0, 0.1) is 0 Å². The molecule has 0 radical (unpaired) electrons. The second kappa shape index (κ2) is 5.47. The minimum absolute atomic E-state index is 0.258. The average Bonchev–Trinajstić information content (AvgIpc) is 2.30. The van der Waals surface area contributed by atoms with Gasteiger partial charge >= 0.3 is 13.1 Å². The molecule has 0 aromatic heterocycles. The Balaban J connectivity index is 2.96. The summed E-state index contributed by atoms with van der Waals surface area (Å²) in [6, 6.07) is 5.92. The van der Waals surface area contributed by atoms with Crippen molar-refractivity contribution in [3.05, 3.63) is 29.8 Å². The largest absolute Gasteiger partial charge is 0.554 e. The second-order valence-electron chi connectivity index (χ2n) is 2.66. The Morgan fingerprint density at radius 3 is 2.53 bits per heavy atom. The van der Waals surface area contributed by atoms with E-state index in [2.05, 4.69) is 14.3 Å². The van der Waals surface area contributed by atoms with E-state index in [-0.39, 0.29) is 11.0 Å². The molecule has 0 saturated carbocycles. The summed E-state index contributed by atoms with van der Waals surface area (Å²) in [6.45, 7) is 0. The van der Waals surface area contributed by atoms with Gasteiger partial charge in [-0.3, -0.25) is 20.1 Å². The molecule has 1 rings (SSSR count). The van der Waals surface area contributed by atoms with Crippen molar-refractivity contribution in [3.63, 3.8) is 0 Å². The molecule has 0 atom stereocenters. The van der Waals surface area contributed by atoms with E-state index < -0.39 is 13.1 Å². The minimum atomic E-state index is -1.35. The summed E-state index contributed by atoms with van der Waals surface area (Å²) < 4.78 is 4.49. The predicted octanol–water partition coefficient (Wildman–Crippen LogP) is 0.148. The third-order valence-corrected chi connectivity index (χ3v) is 1.77. The maximum absolute atomic E-state index is 11.1. The van der Waals surface area contributed by atoms with E-state index in [9.17, 15) is 4.79 Å². The summed E-state index contributed by atoms with van der Waals surface area (Å²) in [5, 5.41) is 16.7. The fraction of sp³-hybridized carbons (Fsp3) is 0.125. The highest BCUT2D eigenvalue weighted by Gasteiger charge is 2.23. The summed E-state index contributed by atoms with van der Waals surface area (Å²) in [5.74, 6) is -0.536. The molecule has 2 N–H and O–H groups in total. The van der Waals surface area contributed by atoms with Crippen molar-refractivity contribution in [1.82, 2.24) is 0 Å². The summed E-state index contributed by atoms with van der Waals surface area (Å²) in [7, 11) is -0.105. The first-order valence-corrected chi connectivity index (χ1v) is 4.01. The van der Waals surface area contributed by atoms with Gasteiger partial charge in [-0.2, -0.15) is 0 Å². The van der Waals surface area contributed by atoms with Crippen molar-refractivity contribution in [1.29, 1.82) is 0 Å². The Morgan fingerprint density at radius 2 is 2.00 bits per heavy atom. The molecule has 0 saturated heterocycles. The fourth-order valence-corrected chi connectivity index (χ4v) is 1.07. The quantitative estimate of drug-likeness (QED) is 0.319. The second-order valence-corrected chi connectivity index (χ2v) is 2.66. The van der Waals surface area contributed by atoms with Gasteiger partial charge in [-0.25, -0.2) is 4.79 Å². The van der Waals surface area contributed by atoms with E-state index in [1.165, 1.54) is 31.4 Å². The molecule has 0 aliphatic rings. The highest BCUT2D eigenvalue weighted by atomic mass is 17.2. The zero-order chi connectivity index (χ0) is 11.3. The van der Waals surface area contributed by atoms with E-state index in [0.717, 1.165) is 0 Å². The van der Waals surface area contributed by atoms with Gasteiger partial charge in [0.2, 0.25) is 0 Å². The van der Waals surface area contributed by atoms with Crippen molar-refractivity contribution in [3.8, 4) is 0 Å². The van der Waals surface area contributed by atoms with Crippen molar-refractivity contribution in [2.45, 2.75) is 0 Å². The molecule has 0 spiro atoms. The molecule has 0 aliphatic carbocycles. The van der Waals surface area contributed by atoms with Crippen molar-refractivity contribution in [2.75, 3.05) is 7.11 Å². The van der Waals surface area contributed by atoms with E-state index in [1.807, 2.05) is 0 Å². The first-order valence-electron chi connectivity index (χ1n) is 4.01. The van der Waals surface area contributed by atoms with Crippen LogP contribution in [-0.4, -0.2) is 30.7 Å². The van der Waals surface area contributed by atoms with Crippen LogP contribution in [-0.2, 0) is 14.3 Å². The van der Waals surface area contributed by atoms with Crippen LogP contribution in [0.15, 0.2) is 24.3 Å². The average molecular weight is 212 g/mol. The van der Waals surface area contributed by atoms with Gasteiger partial charge in [-0.05, 0) is 17.6 Å². The number of benzene rings is 1. The molecule has 15 heavy (non-hydrogen) atoms. The van der Waals surface area contributed by atoms with Crippen LogP contribution in [0.3, 0.4) is 0 Å². The SMILES string of the molecule is COC(=O)c1cccc(B(OO)OO)c1. The number of esters is 1. The number of methoxy groups -OCH3 is 1. The topological polar surface area (TPSA) is 85.2 Å². The van der Waals surface area contributed by atoms with Crippen LogP contribution in [0.1, 0.15) is 10.4 Å². The fourth-order valence-electron chi connectivity index (χ4n) is 1.07. The van der Waals surface area contributed by atoms with E-state index in [0.29, 0.717) is 0 Å². The summed E-state index contributed by atoms with van der Waals surface area (Å²) >= 11 is 0. The third-order valence-electron chi connectivity index (χ3n) is 1.77. The van der Waals surface area contributed by atoms with Crippen LogP contribution >= 0.6 is 0 Å². The van der Waals surface area contributed by atoms with E-state index in [1.54, 1.807) is 0 Å². The minimum Gasteiger partial charge on any atom is -0.465 e. The molecular weight excluding hydrogens is 203 g/mol. The Labute approximate surface area is 86.0 Å². The molecule has 0 amide bonds. The maximum atomic E-state index is 11.1. The lowest BCUT2D eigenvalue weighted by Crippen LogP contribution is -2.35. The summed E-state index contributed by atoms with van der Waals surface area (Å²) in [4.78, 5) is 18.8. The molecular formula is C8H9BO6. The third kappa shape index (κ3) is 2.77. The monoisotopic (exact) mass is 212 g/mol. The van der Waals surface area contributed by atoms with Crippen molar-refractivity contribution < 1.29 is 29.7 Å². The first-order chi connectivity index (χ1) is 7.22. The smallest absolute Gasteiger partial charge is 0.465 e. The number of hydrogen-bond acceptors (Lipinski definition) is 6. The Kier molecular flexibility index (Phi) is 4.25. The van der Waals surface area contributed by atoms with Gasteiger partial charge in [0.15, 0.2) is 0 Å². The predicted molar refractivity (Wildman–Crippen MR) is 50.6 cm³/mol. The zero-order valence-corrected chi connectivity index (χ0v) is 7.91. The molecule has 1 aromatic rings. The molecule has 80 valence electrons. The maximum Gasteiger partial charge on any atom is 0.554 e. The van der Waals surface area contributed by atoms with Crippen LogP contribution in [0.25, 0.3) is 0 Å². The molecule has 0 aliphatic heterocycles. The van der Waals surface area contributed by atoms with Crippen LogP contribution in [0.5, 0.6) is 0 Å². The standard InChI is InChI=1S/C8H9BO6/c1-13-8(10)6-3-2-4-7(5-6)9(14-11)15-12/h2-5,11-12H,1H3. The molecule has 0 heterocycles. The van der Waals surface area contributed by atoms with Gasteiger partial charge in [-0.15, -0.1) is 0 Å². The Hall–Kier alpha value is -1.41. The number of rotatable bonds is 4. The van der Waals surface area contributed by atoms with E-state index in [4.69, 9.17) is 10.5 Å². The number of ether oxygens (including phenoxy) is 1. The molecule has 1 aromatic carbocycles. The van der Waals surface area contributed by atoms with Gasteiger partial charge in [0.25, 0.3) is 0 Å². The lowest BCUT2D eigenvalue weighted by molar-refractivity contribution is -0.221. The number of carbonyl (C=O) groups excluding carboxylic acids is 1. The highest BCUT2D eigenvalue weighted by Crippen LogP contribution is 2.00. The Bertz CT molecular complexity index is 338. The van der Waals surface area contributed by atoms with Gasteiger partial charge in [0.05, 0.1) is 12.7 Å². The van der Waals surface area contributed by atoms with Gasteiger partial charge in [0, 0.05) is 0 Å². The van der Waals surface area contributed by atoms with Crippen molar-refractivity contribution in [2.24, 2.45) is 0 Å². The van der Waals surface area contributed by atoms with Crippen LogP contribution in [0.2, 0.25) is 0 Å². The lowest BCUT2D eigenvalue weighted by Gasteiger charge is -2.06. The van der Waals surface area contributed by atoms with Crippen LogP contribution in [0.4, 0.5) is 0 Å². The number of hydrogen-bond donors (Lipinski definition) is 2. The summed E-state index contributed by atoms with van der Waals surface area (Å²) in [6.07, 6.45) is 0. The van der Waals surface area contributed by atoms with Crippen LogP contribution < -0.4 is 5.46 Å². The normalized spacial score (nSPS) is 9.80. The molecule has 7 heteroatoms. The van der Waals surface area contributed by atoms with Crippen molar-refractivity contribution >= 4 is 18.6 Å². The molecule has 0 unspecified atom stereocenters. The molecule has 0 fully saturated rings. The van der Waals surface area contributed by atoms with Gasteiger partial charge < -0.3 is 4.74 Å². The van der Waals surface area contributed by atoms with Gasteiger partial charge in [0.1, 0.15) is 0 Å². The number of carbonyl (C=O) groups is 1. The molecule has 0 bridgehead atoms. The summed E-state index contributed by atoms with van der Waals surface area (Å²) in [5.41, 5.74) is 0.539. The Morgan fingerprint density at radius 1 is 1.33 bits per heavy atom. The lowest BCUT2D eigenvalue weighted by atomic mass is 9.79.